The first-order valence-corrected chi connectivity index (χ1v) is 11.0. The Labute approximate surface area is 192 Å². The minimum Gasteiger partial charge on any atom is -0.481 e. The van der Waals surface area contributed by atoms with Crippen LogP contribution in [0.4, 0.5) is 4.79 Å². The van der Waals surface area contributed by atoms with Crippen LogP contribution >= 0.6 is 0 Å². The number of methoxy groups -OCH3 is 1. The molecule has 0 spiro atoms. The van der Waals surface area contributed by atoms with Crippen molar-refractivity contribution in [1.29, 1.82) is 0 Å². The summed E-state index contributed by atoms with van der Waals surface area (Å²) in [5, 5.41) is 11.7. The molecular formula is C25H28N2O6. The number of alkyl carbamates (subject to hydrolysis) is 1. The minimum absolute atomic E-state index is 0.0115. The molecule has 33 heavy (non-hydrogen) atoms. The van der Waals surface area contributed by atoms with Gasteiger partial charge in [0.2, 0.25) is 5.91 Å². The number of aliphatic carboxylic acids is 1. The number of likely N-dealkylation sites (N-methyl/N-ethyl adjacent to an activating group) is 1. The maximum atomic E-state index is 12.9. The number of carbonyl (C=O) groups is 3. The number of ether oxygens (including phenoxy) is 2. The van der Waals surface area contributed by atoms with Crippen LogP contribution in [0.2, 0.25) is 0 Å². The van der Waals surface area contributed by atoms with E-state index in [0.29, 0.717) is 12.8 Å². The van der Waals surface area contributed by atoms with Gasteiger partial charge in [-0.15, -0.1) is 0 Å². The topological polar surface area (TPSA) is 105 Å². The standard InChI is InChI=1S/C25H28N2O6/c1-27(16-11-15(12-16)24(29)30)23(28)22(14-32-2)26-25(31)33-13-21-19-9-5-3-7-17(19)18-8-4-6-10-20(18)21/h3-10,15-16,21-22H,11-14H2,1-2H3,(H,26,31)(H,29,30). The Balaban J connectivity index is 1.37. The monoisotopic (exact) mass is 452 g/mol. The van der Waals surface area contributed by atoms with Crippen molar-refractivity contribution in [3.05, 3.63) is 59.7 Å². The lowest BCUT2D eigenvalue weighted by Gasteiger charge is -2.40. The summed E-state index contributed by atoms with van der Waals surface area (Å²) < 4.78 is 10.7. The lowest BCUT2D eigenvalue weighted by Crippen LogP contribution is -2.55. The van der Waals surface area contributed by atoms with E-state index in [1.807, 2.05) is 36.4 Å². The molecule has 0 heterocycles. The van der Waals surface area contributed by atoms with Crippen molar-refractivity contribution < 1.29 is 29.0 Å². The zero-order chi connectivity index (χ0) is 23.5. The number of nitrogens with zero attached hydrogens (tertiary/aromatic N) is 1. The highest BCUT2D eigenvalue weighted by Crippen LogP contribution is 2.44. The normalized spacial score (nSPS) is 19.6. The van der Waals surface area contributed by atoms with Gasteiger partial charge in [-0.2, -0.15) is 0 Å². The summed E-state index contributed by atoms with van der Waals surface area (Å²) >= 11 is 0. The Morgan fingerprint density at radius 2 is 1.64 bits per heavy atom. The SMILES string of the molecule is COCC(NC(=O)OCC1c2ccccc2-c2ccccc21)C(=O)N(C)C1CC(C(=O)O)C1. The molecule has 1 saturated carbocycles. The number of amides is 2. The van der Waals surface area contributed by atoms with Gasteiger partial charge in [0, 0.05) is 26.1 Å². The lowest BCUT2D eigenvalue weighted by molar-refractivity contribution is -0.150. The number of hydrogen-bond acceptors (Lipinski definition) is 5. The highest BCUT2D eigenvalue weighted by Gasteiger charge is 2.40. The fourth-order valence-corrected chi connectivity index (χ4v) is 4.66. The molecule has 2 aromatic rings. The number of fused-ring (bicyclic) bond motifs is 3. The fourth-order valence-electron chi connectivity index (χ4n) is 4.66. The first kappa shape index (κ1) is 22.8. The summed E-state index contributed by atoms with van der Waals surface area (Å²) in [6.07, 6.45) is 0.113. The van der Waals surface area contributed by atoms with Crippen LogP contribution in [0, 0.1) is 5.92 Å². The molecule has 2 aromatic carbocycles. The largest absolute Gasteiger partial charge is 0.481 e. The fraction of sp³-hybridized carbons (Fsp3) is 0.400. The van der Waals surface area contributed by atoms with E-state index in [-0.39, 0.29) is 31.1 Å². The van der Waals surface area contributed by atoms with E-state index in [4.69, 9.17) is 14.6 Å². The Hall–Kier alpha value is -3.39. The molecule has 0 bridgehead atoms. The molecule has 4 rings (SSSR count). The Morgan fingerprint density at radius 1 is 1.06 bits per heavy atom. The summed E-state index contributed by atoms with van der Waals surface area (Å²) in [4.78, 5) is 38.0. The summed E-state index contributed by atoms with van der Waals surface area (Å²) in [5.74, 6) is -1.69. The molecule has 0 aliphatic heterocycles. The number of rotatable bonds is 8. The third-order valence-corrected chi connectivity index (χ3v) is 6.62. The number of hydrogen-bond donors (Lipinski definition) is 2. The molecule has 8 heteroatoms. The highest BCUT2D eigenvalue weighted by molar-refractivity contribution is 5.86. The summed E-state index contributed by atoms with van der Waals surface area (Å²) in [7, 11) is 3.07. The average Bonchev–Trinajstić information content (AvgIpc) is 3.09. The van der Waals surface area contributed by atoms with Crippen LogP contribution in [0.15, 0.2) is 48.5 Å². The van der Waals surface area contributed by atoms with Crippen LogP contribution in [-0.2, 0) is 19.1 Å². The first-order chi connectivity index (χ1) is 15.9. The van der Waals surface area contributed by atoms with Gasteiger partial charge in [-0.05, 0) is 35.1 Å². The molecule has 8 nitrogen and oxygen atoms in total. The molecule has 1 unspecified atom stereocenters. The van der Waals surface area contributed by atoms with Crippen molar-refractivity contribution >= 4 is 18.0 Å². The van der Waals surface area contributed by atoms with Crippen LogP contribution in [0.3, 0.4) is 0 Å². The third kappa shape index (κ3) is 4.57. The highest BCUT2D eigenvalue weighted by atomic mass is 16.5. The van der Waals surface area contributed by atoms with Gasteiger partial charge in [0.1, 0.15) is 12.6 Å². The van der Waals surface area contributed by atoms with Gasteiger partial charge in [-0.3, -0.25) is 9.59 Å². The Bertz CT molecular complexity index is 1000. The summed E-state index contributed by atoms with van der Waals surface area (Å²) in [5.41, 5.74) is 4.48. The van der Waals surface area contributed by atoms with Crippen LogP contribution in [0.5, 0.6) is 0 Å². The molecule has 1 atom stereocenters. The zero-order valence-corrected chi connectivity index (χ0v) is 18.7. The van der Waals surface area contributed by atoms with E-state index in [9.17, 15) is 14.4 Å². The molecule has 0 saturated heterocycles. The van der Waals surface area contributed by atoms with E-state index in [2.05, 4.69) is 17.4 Å². The molecule has 2 amide bonds. The zero-order valence-electron chi connectivity index (χ0n) is 18.7. The molecule has 0 radical (unpaired) electrons. The van der Waals surface area contributed by atoms with Gasteiger partial charge in [0.25, 0.3) is 0 Å². The molecule has 1 fully saturated rings. The van der Waals surface area contributed by atoms with Crippen molar-refractivity contribution in [3.63, 3.8) is 0 Å². The number of carbonyl (C=O) groups excluding carboxylic acids is 2. The maximum Gasteiger partial charge on any atom is 0.407 e. The summed E-state index contributed by atoms with van der Waals surface area (Å²) in [6.45, 7) is 0.134. The van der Waals surface area contributed by atoms with Crippen LogP contribution in [-0.4, -0.2) is 67.4 Å². The molecule has 174 valence electrons. The van der Waals surface area contributed by atoms with Crippen molar-refractivity contribution in [2.75, 3.05) is 27.4 Å². The molecule has 2 aliphatic carbocycles. The lowest BCUT2D eigenvalue weighted by atomic mass is 9.79. The van der Waals surface area contributed by atoms with E-state index in [0.717, 1.165) is 22.3 Å². The predicted octanol–water partition coefficient (Wildman–Crippen LogP) is 2.86. The average molecular weight is 453 g/mol. The van der Waals surface area contributed by atoms with Gasteiger partial charge in [0.05, 0.1) is 12.5 Å². The molecule has 2 N–H and O–H groups in total. The second kappa shape index (κ2) is 9.62. The van der Waals surface area contributed by atoms with Crippen LogP contribution < -0.4 is 5.32 Å². The quantitative estimate of drug-likeness (QED) is 0.638. The second-order valence-electron chi connectivity index (χ2n) is 8.59. The third-order valence-electron chi connectivity index (χ3n) is 6.62. The van der Waals surface area contributed by atoms with Gasteiger partial charge in [0.15, 0.2) is 0 Å². The van der Waals surface area contributed by atoms with E-state index < -0.39 is 24.0 Å². The number of nitrogens with one attached hydrogen (secondary N) is 1. The van der Waals surface area contributed by atoms with Crippen molar-refractivity contribution in [2.45, 2.75) is 30.8 Å². The van der Waals surface area contributed by atoms with Gasteiger partial charge < -0.3 is 24.8 Å². The number of carboxylic acids is 1. The summed E-state index contributed by atoms with van der Waals surface area (Å²) in [6, 6.07) is 15.0. The number of benzene rings is 2. The van der Waals surface area contributed by atoms with E-state index in [1.165, 1.54) is 12.0 Å². The van der Waals surface area contributed by atoms with Crippen LogP contribution in [0.25, 0.3) is 11.1 Å². The van der Waals surface area contributed by atoms with E-state index in [1.54, 1.807) is 7.05 Å². The van der Waals surface area contributed by atoms with Crippen molar-refractivity contribution in [1.82, 2.24) is 10.2 Å². The smallest absolute Gasteiger partial charge is 0.407 e. The molecular weight excluding hydrogens is 424 g/mol. The van der Waals surface area contributed by atoms with Crippen LogP contribution in [0.1, 0.15) is 29.9 Å². The minimum atomic E-state index is -0.917. The molecule has 2 aliphatic rings. The van der Waals surface area contributed by atoms with Crippen molar-refractivity contribution in [2.24, 2.45) is 5.92 Å². The number of carboxylic acid groups (broad SMARTS) is 1. The first-order valence-electron chi connectivity index (χ1n) is 11.0. The molecule has 0 aromatic heterocycles. The van der Waals surface area contributed by atoms with Gasteiger partial charge >= 0.3 is 12.1 Å². The van der Waals surface area contributed by atoms with Gasteiger partial charge in [-0.1, -0.05) is 48.5 Å². The predicted molar refractivity (Wildman–Crippen MR) is 121 cm³/mol. The second-order valence-corrected chi connectivity index (χ2v) is 8.59. The van der Waals surface area contributed by atoms with Crippen molar-refractivity contribution in [3.8, 4) is 11.1 Å². The Kier molecular flexibility index (Phi) is 6.65. The van der Waals surface area contributed by atoms with E-state index >= 15 is 0 Å². The maximum absolute atomic E-state index is 12.9. The Morgan fingerprint density at radius 3 is 2.18 bits per heavy atom. The van der Waals surface area contributed by atoms with Gasteiger partial charge in [-0.25, -0.2) is 4.79 Å².